The molecule has 3 aromatic rings. The Morgan fingerprint density at radius 3 is 2.46 bits per heavy atom. The third-order valence-electron chi connectivity index (χ3n) is 4.06. The van der Waals surface area contributed by atoms with E-state index in [1.165, 1.54) is 4.88 Å². The number of benzene rings is 2. The predicted molar refractivity (Wildman–Crippen MR) is 104 cm³/mol. The fourth-order valence-corrected chi connectivity index (χ4v) is 4.05. The first-order valence-electron chi connectivity index (χ1n) is 7.63. The van der Waals surface area contributed by atoms with Crippen molar-refractivity contribution in [3.05, 3.63) is 86.5 Å². The predicted octanol–water partition coefficient (Wildman–Crippen LogP) is 6.41. The quantitative estimate of drug-likeness (QED) is 0.518. The van der Waals surface area contributed by atoms with Gasteiger partial charge in [-0.25, -0.2) is 0 Å². The minimum atomic E-state index is 0.163. The summed E-state index contributed by atoms with van der Waals surface area (Å²) in [4.78, 5) is 1.28. The molecule has 0 saturated heterocycles. The molecule has 5 heteroatoms. The van der Waals surface area contributed by atoms with Gasteiger partial charge in [-0.1, -0.05) is 53.5 Å². The van der Waals surface area contributed by atoms with Crippen molar-refractivity contribution >= 4 is 45.9 Å². The first-order chi connectivity index (χ1) is 11.7. The molecule has 1 aliphatic heterocycles. The van der Waals surface area contributed by atoms with Gasteiger partial charge in [-0.3, -0.25) is 5.01 Å². The number of hydrogen-bond acceptors (Lipinski definition) is 3. The zero-order valence-corrected chi connectivity index (χ0v) is 15.0. The standard InChI is InChI=1S/C19H14Cl2N2S/c20-14-9-7-13(8-10-14)16-12-18(19-6-3-11-24-19)23(22-16)17-5-2-1-4-15(17)21/h1-11,18H,12H2/t18-/m0/s1. The van der Waals surface area contributed by atoms with Crippen molar-refractivity contribution < 1.29 is 0 Å². The van der Waals surface area contributed by atoms with Gasteiger partial charge in [0.05, 0.1) is 22.5 Å². The van der Waals surface area contributed by atoms with E-state index in [0.717, 1.165) is 28.4 Å². The third-order valence-corrected chi connectivity index (χ3v) is 5.60. The summed E-state index contributed by atoms with van der Waals surface area (Å²) >= 11 is 14.2. The van der Waals surface area contributed by atoms with Gasteiger partial charge in [0.1, 0.15) is 0 Å². The van der Waals surface area contributed by atoms with Crippen molar-refractivity contribution in [1.82, 2.24) is 0 Å². The van der Waals surface area contributed by atoms with E-state index in [0.29, 0.717) is 5.02 Å². The normalized spacial score (nSPS) is 17.2. The Kier molecular flexibility index (Phi) is 4.31. The van der Waals surface area contributed by atoms with E-state index in [4.69, 9.17) is 28.3 Å². The van der Waals surface area contributed by atoms with Crippen LogP contribution in [0, 0.1) is 0 Å². The van der Waals surface area contributed by atoms with Gasteiger partial charge in [0.25, 0.3) is 0 Å². The van der Waals surface area contributed by atoms with Crippen molar-refractivity contribution in [2.24, 2.45) is 5.10 Å². The highest BCUT2D eigenvalue weighted by Crippen LogP contribution is 2.40. The first kappa shape index (κ1) is 15.7. The summed E-state index contributed by atoms with van der Waals surface area (Å²) in [5.74, 6) is 0. The maximum atomic E-state index is 6.42. The average Bonchev–Trinajstić information content (AvgIpc) is 3.25. The fraction of sp³-hybridized carbons (Fsp3) is 0.105. The maximum absolute atomic E-state index is 6.42. The smallest absolute Gasteiger partial charge is 0.0924 e. The first-order valence-corrected chi connectivity index (χ1v) is 9.26. The van der Waals surface area contributed by atoms with Crippen molar-refractivity contribution in [1.29, 1.82) is 0 Å². The second-order valence-corrected chi connectivity index (χ2v) is 7.41. The van der Waals surface area contributed by atoms with Crippen LogP contribution in [-0.2, 0) is 0 Å². The monoisotopic (exact) mass is 372 g/mol. The highest BCUT2D eigenvalue weighted by atomic mass is 35.5. The molecule has 0 bridgehead atoms. The molecule has 1 atom stereocenters. The Hall–Kier alpha value is -1.81. The highest BCUT2D eigenvalue weighted by molar-refractivity contribution is 7.10. The number of nitrogens with zero attached hydrogens (tertiary/aromatic N) is 2. The molecule has 0 unspecified atom stereocenters. The molecular weight excluding hydrogens is 359 g/mol. The van der Waals surface area contributed by atoms with Crippen LogP contribution < -0.4 is 5.01 Å². The summed E-state index contributed by atoms with van der Waals surface area (Å²) < 4.78 is 0. The summed E-state index contributed by atoms with van der Waals surface area (Å²) in [6.07, 6.45) is 0.841. The molecule has 0 spiro atoms. The lowest BCUT2D eigenvalue weighted by molar-refractivity contribution is 0.722. The molecule has 0 N–H and O–H groups in total. The van der Waals surface area contributed by atoms with E-state index in [2.05, 4.69) is 17.5 Å². The molecule has 1 aromatic heterocycles. The summed E-state index contributed by atoms with van der Waals surface area (Å²) in [6, 6.07) is 20.1. The maximum Gasteiger partial charge on any atom is 0.0924 e. The van der Waals surface area contributed by atoms with Crippen LogP contribution >= 0.6 is 34.5 Å². The Labute approximate surface area is 155 Å². The fourth-order valence-electron chi connectivity index (χ4n) is 2.89. The zero-order chi connectivity index (χ0) is 16.5. The number of halogens is 2. The van der Waals surface area contributed by atoms with Crippen LogP contribution in [0.4, 0.5) is 5.69 Å². The average molecular weight is 373 g/mol. The van der Waals surface area contributed by atoms with Crippen molar-refractivity contribution in [3.63, 3.8) is 0 Å². The van der Waals surface area contributed by atoms with E-state index < -0.39 is 0 Å². The minimum Gasteiger partial charge on any atom is -0.255 e. The lowest BCUT2D eigenvalue weighted by Gasteiger charge is -2.23. The number of hydrazone groups is 1. The number of hydrogen-bond donors (Lipinski definition) is 0. The molecule has 4 rings (SSSR count). The van der Waals surface area contributed by atoms with Gasteiger partial charge in [-0.05, 0) is 41.3 Å². The molecule has 120 valence electrons. The lowest BCUT2D eigenvalue weighted by atomic mass is 10.0. The van der Waals surface area contributed by atoms with Gasteiger partial charge in [0.2, 0.25) is 0 Å². The molecule has 2 aromatic carbocycles. The van der Waals surface area contributed by atoms with Crippen LogP contribution in [0.1, 0.15) is 22.9 Å². The van der Waals surface area contributed by atoms with E-state index in [1.54, 1.807) is 11.3 Å². The Balaban J connectivity index is 1.77. The number of rotatable bonds is 3. The third kappa shape index (κ3) is 2.95. The van der Waals surface area contributed by atoms with Gasteiger partial charge >= 0.3 is 0 Å². The molecule has 2 nitrogen and oxygen atoms in total. The van der Waals surface area contributed by atoms with E-state index in [9.17, 15) is 0 Å². The van der Waals surface area contributed by atoms with Gasteiger partial charge in [-0.2, -0.15) is 5.10 Å². The number of thiophene rings is 1. The largest absolute Gasteiger partial charge is 0.255 e. The van der Waals surface area contributed by atoms with Crippen LogP contribution in [0.25, 0.3) is 0 Å². The zero-order valence-electron chi connectivity index (χ0n) is 12.7. The number of para-hydroxylation sites is 1. The van der Waals surface area contributed by atoms with Gasteiger partial charge in [-0.15, -0.1) is 11.3 Å². The van der Waals surface area contributed by atoms with E-state index in [1.807, 2.05) is 53.5 Å². The van der Waals surface area contributed by atoms with Crippen molar-refractivity contribution in [2.45, 2.75) is 12.5 Å². The molecule has 24 heavy (non-hydrogen) atoms. The van der Waals surface area contributed by atoms with Crippen molar-refractivity contribution in [2.75, 3.05) is 5.01 Å². The van der Waals surface area contributed by atoms with Crippen LogP contribution in [0.5, 0.6) is 0 Å². The van der Waals surface area contributed by atoms with E-state index >= 15 is 0 Å². The molecular formula is C19H14Cl2N2S. The van der Waals surface area contributed by atoms with Gasteiger partial charge in [0, 0.05) is 16.3 Å². The Morgan fingerprint density at radius 1 is 0.958 bits per heavy atom. The lowest BCUT2D eigenvalue weighted by Crippen LogP contribution is -2.17. The van der Waals surface area contributed by atoms with Gasteiger partial charge in [0.15, 0.2) is 0 Å². The summed E-state index contributed by atoms with van der Waals surface area (Å²) in [6.45, 7) is 0. The van der Waals surface area contributed by atoms with Gasteiger partial charge < -0.3 is 0 Å². The second kappa shape index (κ2) is 6.60. The summed E-state index contributed by atoms with van der Waals surface area (Å²) in [5.41, 5.74) is 3.07. The molecule has 0 fully saturated rings. The SMILES string of the molecule is Clc1ccc(C2=NN(c3ccccc3Cl)[C@H](c3cccs3)C2)cc1. The van der Waals surface area contributed by atoms with Crippen molar-refractivity contribution in [3.8, 4) is 0 Å². The molecule has 0 radical (unpaired) electrons. The summed E-state index contributed by atoms with van der Waals surface area (Å²) in [7, 11) is 0. The Morgan fingerprint density at radius 2 is 1.75 bits per heavy atom. The molecule has 0 saturated carbocycles. The molecule has 2 heterocycles. The highest BCUT2D eigenvalue weighted by Gasteiger charge is 2.31. The molecule has 0 amide bonds. The number of anilines is 1. The van der Waals surface area contributed by atoms with Crippen LogP contribution in [0.15, 0.2) is 71.1 Å². The van der Waals surface area contributed by atoms with Crippen LogP contribution in [0.3, 0.4) is 0 Å². The minimum absolute atomic E-state index is 0.163. The molecule has 0 aliphatic carbocycles. The second-order valence-electron chi connectivity index (χ2n) is 5.58. The Bertz CT molecular complexity index is 873. The van der Waals surface area contributed by atoms with E-state index in [-0.39, 0.29) is 6.04 Å². The van der Waals surface area contributed by atoms with Crippen LogP contribution in [0.2, 0.25) is 10.0 Å². The molecule has 1 aliphatic rings. The van der Waals surface area contributed by atoms with Crippen LogP contribution in [-0.4, -0.2) is 5.71 Å². The summed E-state index contributed by atoms with van der Waals surface area (Å²) in [5, 5.41) is 10.5. The topological polar surface area (TPSA) is 15.6 Å².